The fourth-order valence-electron chi connectivity index (χ4n) is 1.40. The zero-order chi connectivity index (χ0) is 13.8. The first-order valence-electron chi connectivity index (χ1n) is 5.24. The van der Waals surface area contributed by atoms with Crippen LogP contribution >= 0.6 is 0 Å². The normalized spacial score (nSPS) is 10.2. The summed E-state index contributed by atoms with van der Waals surface area (Å²) in [6.45, 7) is -0.0963. The first-order chi connectivity index (χ1) is 9.11. The Labute approximate surface area is 107 Å². The first-order valence-corrected chi connectivity index (χ1v) is 5.24. The smallest absolute Gasteiger partial charge is 0.372 e. The summed E-state index contributed by atoms with van der Waals surface area (Å²) in [4.78, 5) is 17.4. The molecule has 0 bridgehead atoms. The van der Waals surface area contributed by atoms with Crippen LogP contribution in [0, 0.1) is 10.1 Å². The molecular formula is C11H10N4O4. The van der Waals surface area contributed by atoms with Crippen molar-refractivity contribution in [3.8, 4) is 11.6 Å². The van der Waals surface area contributed by atoms with Crippen LogP contribution in [0.3, 0.4) is 0 Å². The maximum atomic E-state index is 10.9. The second kappa shape index (κ2) is 5.27. The van der Waals surface area contributed by atoms with E-state index in [0.29, 0.717) is 11.3 Å². The van der Waals surface area contributed by atoms with E-state index in [1.807, 2.05) is 0 Å². The van der Waals surface area contributed by atoms with Crippen LogP contribution in [0.5, 0.6) is 11.6 Å². The summed E-state index contributed by atoms with van der Waals surface area (Å²) in [5.41, 5.74) is 5.64. The standard InChI is InChI=1S/C11H10N4O4/c12-10-9(15(17)18)11(14-6-13-10)19-8-3-1-7(5-16)2-4-8/h1-4,6,16H,5H2,(H2,12,13,14). The average molecular weight is 262 g/mol. The van der Waals surface area contributed by atoms with Crippen molar-refractivity contribution in [1.29, 1.82) is 0 Å². The summed E-state index contributed by atoms with van der Waals surface area (Å²) in [5.74, 6) is -0.144. The number of anilines is 1. The maximum Gasteiger partial charge on any atom is 0.372 e. The molecule has 0 fully saturated rings. The van der Waals surface area contributed by atoms with Crippen molar-refractivity contribution >= 4 is 11.5 Å². The lowest BCUT2D eigenvalue weighted by molar-refractivity contribution is -0.385. The summed E-state index contributed by atoms with van der Waals surface area (Å²) < 4.78 is 5.30. The minimum absolute atomic E-state index is 0.0963. The number of ether oxygens (including phenoxy) is 1. The molecule has 0 saturated heterocycles. The highest BCUT2D eigenvalue weighted by Gasteiger charge is 2.22. The average Bonchev–Trinajstić information content (AvgIpc) is 2.39. The number of benzene rings is 1. The predicted molar refractivity (Wildman–Crippen MR) is 65.5 cm³/mol. The highest BCUT2D eigenvalue weighted by molar-refractivity contribution is 5.58. The van der Waals surface area contributed by atoms with Gasteiger partial charge in [0.25, 0.3) is 0 Å². The van der Waals surface area contributed by atoms with Crippen molar-refractivity contribution in [3.05, 3.63) is 46.3 Å². The lowest BCUT2D eigenvalue weighted by Crippen LogP contribution is -2.02. The van der Waals surface area contributed by atoms with Gasteiger partial charge in [0.05, 0.1) is 11.5 Å². The molecule has 1 heterocycles. The predicted octanol–water partition coefficient (Wildman–Crippen LogP) is 1.25. The van der Waals surface area contributed by atoms with E-state index >= 15 is 0 Å². The Hall–Kier alpha value is -2.74. The molecule has 8 nitrogen and oxygen atoms in total. The van der Waals surface area contributed by atoms with Gasteiger partial charge in [-0.25, -0.2) is 4.98 Å². The molecule has 0 radical (unpaired) electrons. The molecule has 8 heteroatoms. The molecule has 0 aliphatic rings. The molecule has 98 valence electrons. The van der Waals surface area contributed by atoms with Crippen LogP contribution in [0.2, 0.25) is 0 Å². The van der Waals surface area contributed by atoms with Crippen molar-refractivity contribution in [2.75, 3.05) is 5.73 Å². The minimum Gasteiger partial charge on any atom is -0.434 e. The number of nitrogen functional groups attached to an aromatic ring is 1. The van der Waals surface area contributed by atoms with Crippen LogP contribution in [0.25, 0.3) is 0 Å². The zero-order valence-corrected chi connectivity index (χ0v) is 9.68. The van der Waals surface area contributed by atoms with Crippen LogP contribution in [0.4, 0.5) is 11.5 Å². The van der Waals surface area contributed by atoms with Gasteiger partial charge in [0.1, 0.15) is 12.1 Å². The number of aromatic nitrogens is 2. The van der Waals surface area contributed by atoms with Gasteiger partial charge in [-0.05, 0) is 17.7 Å². The van der Waals surface area contributed by atoms with Crippen molar-refractivity contribution in [2.45, 2.75) is 6.61 Å². The van der Waals surface area contributed by atoms with Gasteiger partial charge in [-0.2, -0.15) is 4.98 Å². The molecule has 0 aliphatic carbocycles. The van der Waals surface area contributed by atoms with E-state index in [1.165, 1.54) is 0 Å². The Morgan fingerprint density at radius 3 is 2.58 bits per heavy atom. The highest BCUT2D eigenvalue weighted by Crippen LogP contribution is 2.32. The summed E-state index contributed by atoms with van der Waals surface area (Å²) in [6, 6.07) is 6.39. The van der Waals surface area contributed by atoms with Gasteiger partial charge in [0.2, 0.25) is 5.82 Å². The topological polar surface area (TPSA) is 124 Å². The number of rotatable bonds is 4. The Bertz CT molecular complexity index is 600. The second-order valence-electron chi connectivity index (χ2n) is 3.57. The van der Waals surface area contributed by atoms with Gasteiger partial charge < -0.3 is 15.6 Å². The Balaban J connectivity index is 2.32. The first kappa shape index (κ1) is 12.7. The van der Waals surface area contributed by atoms with Gasteiger partial charge >= 0.3 is 11.6 Å². The number of nitro groups is 1. The van der Waals surface area contributed by atoms with E-state index in [-0.39, 0.29) is 18.3 Å². The number of hydrogen-bond acceptors (Lipinski definition) is 7. The van der Waals surface area contributed by atoms with Crippen LogP contribution in [0.15, 0.2) is 30.6 Å². The van der Waals surface area contributed by atoms with E-state index < -0.39 is 10.6 Å². The van der Waals surface area contributed by atoms with Gasteiger partial charge in [0.15, 0.2) is 0 Å². The SMILES string of the molecule is Nc1ncnc(Oc2ccc(CO)cc2)c1[N+](=O)[O-]. The fourth-order valence-corrected chi connectivity index (χ4v) is 1.40. The third kappa shape index (κ3) is 2.75. The number of nitrogens with zero attached hydrogens (tertiary/aromatic N) is 3. The summed E-state index contributed by atoms with van der Waals surface area (Å²) in [5, 5.41) is 19.8. The number of aliphatic hydroxyl groups excluding tert-OH is 1. The lowest BCUT2D eigenvalue weighted by Gasteiger charge is -2.06. The molecule has 19 heavy (non-hydrogen) atoms. The summed E-state index contributed by atoms with van der Waals surface area (Å²) in [7, 11) is 0. The maximum absolute atomic E-state index is 10.9. The summed E-state index contributed by atoms with van der Waals surface area (Å²) >= 11 is 0. The van der Waals surface area contributed by atoms with E-state index in [9.17, 15) is 10.1 Å². The van der Waals surface area contributed by atoms with Crippen molar-refractivity contribution in [3.63, 3.8) is 0 Å². The van der Waals surface area contributed by atoms with Crippen molar-refractivity contribution < 1.29 is 14.8 Å². The molecular weight excluding hydrogens is 252 g/mol. The fraction of sp³-hybridized carbons (Fsp3) is 0.0909. The van der Waals surface area contributed by atoms with Crippen LogP contribution < -0.4 is 10.5 Å². The number of aliphatic hydroxyl groups is 1. The Morgan fingerprint density at radius 2 is 2.00 bits per heavy atom. The van der Waals surface area contributed by atoms with Crippen LogP contribution in [0.1, 0.15) is 5.56 Å². The third-order valence-corrected chi connectivity index (χ3v) is 2.32. The Morgan fingerprint density at radius 1 is 1.32 bits per heavy atom. The molecule has 2 rings (SSSR count). The second-order valence-corrected chi connectivity index (χ2v) is 3.57. The molecule has 1 aromatic heterocycles. The number of hydrogen-bond donors (Lipinski definition) is 2. The quantitative estimate of drug-likeness (QED) is 0.627. The van der Waals surface area contributed by atoms with Crippen LogP contribution in [-0.4, -0.2) is 20.0 Å². The van der Waals surface area contributed by atoms with Gasteiger partial charge in [-0.3, -0.25) is 10.1 Å². The molecule has 0 unspecified atom stereocenters. The van der Waals surface area contributed by atoms with Gasteiger partial charge in [-0.1, -0.05) is 12.1 Å². The van der Waals surface area contributed by atoms with Crippen molar-refractivity contribution in [1.82, 2.24) is 9.97 Å². The van der Waals surface area contributed by atoms with Gasteiger partial charge in [-0.15, -0.1) is 0 Å². The molecule has 1 aromatic carbocycles. The largest absolute Gasteiger partial charge is 0.434 e. The Kier molecular flexibility index (Phi) is 3.53. The van der Waals surface area contributed by atoms with E-state index in [2.05, 4.69) is 9.97 Å². The molecule has 0 spiro atoms. The zero-order valence-electron chi connectivity index (χ0n) is 9.68. The minimum atomic E-state index is -0.702. The molecule has 0 aliphatic heterocycles. The van der Waals surface area contributed by atoms with E-state index in [4.69, 9.17) is 15.6 Å². The van der Waals surface area contributed by atoms with Crippen LogP contribution in [-0.2, 0) is 6.61 Å². The molecule has 0 saturated carbocycles. The number of nitrogens with two attached hydrogens (primary N) is 1. The van der Waals surface area contributed by atoms with E-state index in [0.717, 1.165) is 6.33 Å². The lowest BCUT2D eigenvalue weighted by atomic mass is 10.2. The summed E-state index contributed by atoms with van der Waals surface area (Å²) in [6.07, 6.45) is 1.08. The van der Waals surface area contributed by atoms with Gasteiger partial charge in [0, 0.05) is 0 Å². The molecule has 0 amide bonds. The highest BCUT2D eigenvalue weighted by atomic mass is 16.6. The molecule has 0 atom stereocenters. The monoisotopic (exact) mass is 262 g/mol. The molecule has 3 N–H and O–H groups in total. The van der Waals surface area contributed by atoms with Crippen molar-refractivity contribution in [2.24, 2.45) is 0 Å². The third-order valence-electron chi connectivity index (χ3n) is 2.32. The van der Waals surface area contributed by atoms with E-state index in [1.54, 1.807) is 24.3 Å². The molecule has 2 aromatic rings.